The smallest absolute Gasteiger partial charge is 0.238 e. The largest absolute Gasteiger partial charge is 0.330 e. The highest BCUT2D eigenvalue weighted by molar-refractivity contribution is 6.33. The molecule has 0 spiro atoms. The lowest BCUT2D eigenvalue weighted by molar-refractivity contribution is -0.117. The Bertz CT molecular complexity index is 463. The van der Waals surface area contributed by atoms with E-state index in [1.54, 1.807) is 12.1 Å². The van der Waals surface area contributed by atoms with Crippen molar-refractivity contribution < 1.29 is 4.79 Å². The second-order valence-electron chi connectivity index (χ2n) is 6.11. The highest BCUT2D eigenvalue weighted by Gasteiger charge is 2.21. The third kappa shape index (κ3) is 6.46. The fourth-order valence-electron chi connectivity index (χ4n) is 2.16. The van der Waals surface area contributed by atoms with Gasteiger partial charge in [0.15, 0.2) is 0 Å². The Balaban J connectivity index is 2.62. The molecular formula is C16H26ClN3O. The van der Waals surface area contributed by atoms with Crippen LogP contribution in [0.4, 0.5) is 5.69 Å². The number of benzene rings is 1. The van der Waals surface area contributed by atoms with Gasteiger partial charge < -0.3 is 11.1 Å². The Morgan fingerprint density at radius 2 is 2.05 bits per heavy atom. The highest BCUT2D eigenvalue weighted by atomic mass is 35.5. The number of hydrogen-bond acceptors (Lipinski definition) is 3. The van der Waals surface area contributed by atoms with E-state index in [2.05, 4.69) is 31.0 Å². The molecule has 0 aromatic heterocycles. The number of halogens is 1. The second kappa shape index (κ2) is 8.37. The Morgan fingerprint density at radius 3 is 2.62 bits per heavy atom. The molecule has 21 heavy (non-hydrogen) atoms. The van der Waals surface area contributed by atoms with Crippen molar-refractivity contribution in [3.63, 3.8) is 0 Å². The molecule has 0 aliphatic rings. The standard InChI is InChI=1S/C16H26ClN3O/c1-4-9-20(12-16(2,3)11-18)10-15(21)19-14-8-6-5-7-13(14)17/h5-8H,4,9-12,18H2,1-3H3,(H,19,21). The van der Waals surface area contributed by atoms with Gasteiger partial charge in [0.1, 0.15) is 0 Å². The molecule has 1 aromatic rings. The van der Waals surface area contributed by atoms with Crippen LogP contribution in [0.15, 0.2) is 24.3 Å². The number of hydrogen-bond donors (Lipinski definition) is 2. The molecule has 3 N–H and O–H groups in total. The van der Waals surface area contributed by atoms with E-state index in [-0.39, 0.29) is 11.3 Å². The quantitative estimate of drug-likeness (QED) is 0.776. The number of carbonyl (C=O) groups excluding carboxylic acids is 1. The molecule has 0 saturated heterocycles. The van der Waals surface area contributed by atoms with Crippen LogP contribution < -0.4 is 11.1 Å². The van der Waals surface area contributed by atoms with Crippen LogP contribution in [0.1, 0.15) is 27.2 Å². The van der Waals surface area contributed by atoms with Crippen molar-refractivity contribution in [2.24, 2.45) is 11.1 Å². The topological polar surface area (TPSA) is 58.4 Å². The summed E-state index contributed by atoms with van der Waals surface area (Å²) in [6.07, 6.45) is 1.00. The van der Waals surface area contributed by atoms with Gasteiger partial charge in [0.2, 0.25) is 5.91 Å². The number of amides is 1. The van der Waals surface area contributed by atoms with Crippen molar-refractivity contribution in [1.29, 1.82) is 0 Å². The normalized spacial score (nSPS) is 11.7. The minimum absolute atomic E-state index is 0.000157. The Morgan fingerprint density at radius 1 is 1.38 bits per heavy atom. The maximum atomic E-state index is 12.2. The molecule has 0 aliphatic heterocycles. The van der Waals surface area contributed by atoms with Gasteiger partial charge in [-0.1, -0.05) is 44.5 Å². The zero-order valence-corrected chi connectivity index (χ0v) is 13.9. The van der Waals surface area contributed by atoms with Crippen molar-refractivity contribution in [2.75, 3.05) is 31.5 Å². The summed E-state index contributed by atoms with van der Waals surface area (Å²) < 4.78 is 0. The summed E-state index contributed by atoms with van der Waals surface area (Å²) in [4.78, 5) is 14.3. The lowest BCUT2D eigenvalue weighted by Crippen LogP contribution is -2.42. The molecular weight excluding hydrogens is 286 g/mol. The van der Waals surface area contributed by atoms with E-state index in [4.69, 9.17) is 17.3 Å². The molecule has 0 saturated carbocycles. The number of nitrogens with two attached hydrogens (primary N) is 1. The fourth-order valence-corrected chi connectivity index (χ4v) is 2.34. The van der Waals surface area contributed by atoms with Crippen LogP contribution in [-0.2, 0) is 4.79 Å². The lowest BCUT2D eigenvalue weighted by Gasteiger charge is -2.31. The summed E-state index contributed by atoms with van der Waals surface area (Å²) in [7, 11) is 0. The Labute approximate surface area is 132 Å². The van der Waals surface area contributed by atoms with E-state index < -0.39 is 0 Å². The van der Waals surface area contributed by atoms with Crippen molar-refractivity contribution in [3.05, 3.63) is 29.3 Å². The Kier molecular flexibility index (Phi) is 7.15. The number of rotatable bonds is 8. The van der Waals surface area contributed by atoms with Gasteiger partial charge >= 0.3 is 0 Å². The molecule has 0 atom stereocenters. The second-order valence-corrected chi connectivity index (χ2v) is 6.51. The van der Waals surface area contributed by atoms with E-state index in [1.165, 1.54) is 0 Å². The van der Waals surface area contributed by atoms with Gasteiger partial charge in [-0.2, -0.15) is 0 Å². The van der Waals surface area contributed by atoms with E-state index in [0.29, 0.717) is 23.8 Å². The molecule has 0 unspecified atom stereocenters. The minimum Gasteiger partial charge on any atom is -0.330 e. The van der Waals surface area contributed by atoms with E-state index in [1.807, 2.05) is 12.1 Å². The lowest BCUT2D eigenvalue weighted by atomic mass is 9.93. The molecule has 118 valence electrons. The SMILES string of the molecule is CCCN(CC(=O)Nc1ccccc1Cl)CC(C)(C)CN. The molecule has 4 nitrogen and oxygen atoms in total. The number of nitrogens with one attached hydrogen (secondary N) is 1. The molecule has 0 fully saturated rings. The van der Waals surface area contributed by atoms with Crippen LogP contribution in [0.5, 0.6) is 0 Å². The predicted octanol–water partition coefficient (Wildman–Crippen LogP) is 2.98. The molecule has 1 amide bonds. The summed E-state index contributed by atoms with van der Waals surface area (Å²) >= 11 is 6.05. The maximum absolute atomic E-state index is 12.2. The van der Waals surface area contributed by atoms with Crippen LogP contribution in [0.25, 0.3) is 0 Å². The molecule has 5 heteroatoms. The highest BCUT2D eigenvalue weighted by Crippen LogP contribution is 2.20. The molecule has 0 heterocycles. The van der Waals surface area contributed by atoms with Gasteiger partial charge in [-0.25, -0.2) is 0 Å². The molecule has 1 rings (SSSR count). The molecule has 0 bridgehead atoms. The number of nitrogens with zero attached hydrogens (tertiary/aromatic N) is 1. The fraction of sp³-hybridized carbons (Fsp3) is 0.562. The van der Waals surface area contributed by atoms with Crippen LogP contribution in [-0.4, -0.2) is 37.0 Å². The van der Waals surface area contributed by atoms with E-state index >= 15 is 0 Å². The van der Waals surface area contributed by atoms with Gasteiger partial charge in [0, 0.05) is 6.54 Å². The first kappa shape index (κ1) is 18.0. The van der Waals surface area contributed by atoms with Crippen molar-refractivity contribution in [3.8, 4) is 0 Å². The maximum Gasteiger partial charge on any atom is 0.238 e. The van der Waals surface area contributed by atoms with Crippen LogP contribution in [0.3, 0.4) is 0 Å². The number of para-hydroxylation sites is 1. The van der Waals surface area contributed by atoms with Crippen molar-refractivity contribution in [1.82, 2.24) is 4.90 Å². The first-order valence-corrected chi connectivity index (χ1v) is 7.72. The monoisotopic (exact) mass is 311 g/mol. The van der Waals surface area contributed by atoms with Crippen molar-refractivity contribution in [2.45, 2.75) is 27.2 Å². The zero-order chi connectivity index (χ0) is 15.9. The van der Waals surface area contributed by atoms with Gasteiger partial charge in [0.05, 0.1) is 17.3 Å². The first-order valence-electron chi connectivity index (χ1n) is 7.35. The summed E-state index contributed by atoms with van der Waals surface area (Å²) in [5, 5.41) is 3.41. The average Bonchev–Trinajstić information content (AvgIpc) is 2.41. The molecule has 0 aliphatic carbocycles. The third-order valence-electron chi connectivity index (χ3n) is 3.26. The predicted molar refractivity (Wildman–Crippen MR) is 89.6 cm³/mol. The van der Waals surface area contributed by atoms with Crippen molar-refractivity contribution >= 4 is 23.2 Å². The minimum atomic E-state index is -0.0515. The third-order valence-corrected chi connectivity index (χ3v) is 3.59. The first-order chi connectivity index (χ1) is 9.88. The average molecular weight is 312 g/mol. The van der Waals surface area contributed by atoms with E-state index in [0.717, 1.165) is 19.5 Å². The molecule has 1 aromatic carbocycles. The zero-order valence-electron chi connectivity index (χ0n) is 13.2. The van der Waals surface area contributed by atoms with Gasteiger partial charge in [0.25, 0.3) is 0 Å². The summed E-state index contributed by atoms with van der Waals surface area (Å²) in [5.41, 5.74) is 6.43. The summed E-state index contributed by atoms with van der Waals surface area (Å²) in [6, 6.07) is 7.25. The summed E-state index contributed by atoms with van der Waals surface area (Å²) in [5.74, 6) is -0.0515. The van der Waals surface area contributed by atoms with E-state index in [9.17, 15) is 4.79 Å². The molecule has 0 radical (unpaired) electrons. The number of anilines is 1. The van der Waals surface area contributed by atoms with Crippen LogP contribution >= 0.6 is 11.6 Å². The number of carbonyl (C=O) groups is 1. The van der Waals surface area contributed by atoms with Gasteiger partial charge in [-0.3, -0.25) is 9.69 Å². The van der Waals surface area contributed by atoms with Gasteiger partial charge in [-0.15, -0.1) is 0 Å². The Hall–Kier alpha value is -1.10. The van der Waals surface area contributed by atoms with Gasteiger partial charge in [-0.05, 0) is 37.1 Å². The van der Waals surface area contributed by atoms with Crippen LogP contribution in [0.2, 0.25) is 5.02 Å². The van der Waals surface area contributed by atoms with Crippen LogP contribution in [0, 0.1) is 5.41 Å². The summed E-state index contributed by atoms with van der Waals surface area (Å²) in [6.45, 7) is 8.95.